The third-order valence-corrected chi connectivity index (χ3v) is 3.89. The number of hydrogen-bond donors (Lipinski definition) is 1. The van der Waals surface area contributed by atoms with Crippen LogP contribution in [0.3, 0.4) is 0 Å². The average molecular weight is 325 g/mol. The minimum absolute atomic E-state index is 0.0233. The highest BCUT2D eigenvalue weighted by atomic mass is 79.9. The van der Waals surface area contributed by atoms with Gasteiger partial charge in [0.15, 0.2) is 0 Å². The molecule has 1 atom stereocenters. The van der Waals surface area contributed by atoms with Crippen LogP contribution in [-0.2, 0) is 6.42 Å². The van der Waals surface area contributed by atoms with Crippen molar-refractivity contribution >= 4 is 27.5 Å². The second-order valence-corrected chi connectivity index (χ2v) is 5.73. The zero-order valence-electron chi connectivity index (χ0n) is 10.2. The van der Waals surface area contributed by atoms with E-state index in [2.05, 4.69) is 35.0 Å². The van der Waals surface area contributed by atoms with Gasteiger partial charge in [0.25, 0.3) is 0 Å². The Kier molecular flexibility index (Phi) is 4.44. The van der Waals surface area contributed by atoms with E-state index in [1.165, 1.54) is 11.1 Å². The minimum Gasteiger partial charge on any atom is -0.324 e. The van der Waals surface area contributed by atoms with Crippen molar-refractivity contribution in [3.63, 3.8) is 0 Å². The van der Waals surface area contributed by atoms with Crippen molar-refractivity contribution < 1.29 is 0 Å². The van der Waals surface area contributed by atoms with E-state index >= 15 is 0 Å². The molecule has 1 nitrogen and oxygen atoms in total. The molecule has 3 heteroatoms. The van der Waals surface area contributed by atoms with Gasteiger partial charge in [0.05, 0.1) is 0 Å². The van der Waals surface area contributed by atoms with Crippen LogP contribution in [0.4, 0.5) is 0 Å². The Hall–Kier alpha value is -0.830. The minimum atomic E-state index is -0.0233. The third kappa shape index (κ3) is 3.14. The van der Waals surface area contributed by atoms with Crippen molar-refractivity contribution in [2.45, 2.75) is 19.4 Å². The van der Waals surface area contributed by atoms with E-state index in [4.69, 9.17) is 17.3 Å². The topological polar surface area (TPSA) is 26.0 Å². The maximum absolute atomic E-state index is 6.26. The summed E-state index contributed by atoms with van der Waals surface area (Å²) in [4.78, 5) is 0. The van der Waals surface area contributed by atoms with Crippen LogP contribution in [-0.4, -0.2) is 0 Å². The van der Waals surface area contributed by atoms with Gasteiger partial charge < -0.3 is 5.73 Å². The molecule has 2 rings (SSSR count). The molecule has 1 unspecified atom stereocenters. The maximum Gasteiger partial charge on any atom is 0.0449 e. The van der Waals surface area contributed by atoms with Gasteiger partial charge in [0.1, 0.15) is 0 Å². The Balaban J connectivity index is 2.21. The molecule has 0 saturated carbocycles. The molecule has 94 valence electrons. The van der Waals surface area contributed by atoms with Gasteiger partial charge in [-0.25, -0.2) is 0 Å². The lowest BCUT2D eigenvalue weighted by Gasteiger charge is -2.15. The first kappa shape index (κ1) is 13.6. The molecule has 0 aromatic heterocycles. The van der Waals surface area contributed by atoms with E-state index in [0.717, 1.165) is 21.5 Å². The third-order valence-electron chi connectivity index (χ3n) is 3.04. The smallest absolute Gasteiger partial charge is 0.0449 e. The summed E-state index contributed by atoms with van der Waals surface area (Å²) in [6, 6.07) is 14.1. The van der Waals surface area contributed by atoms with E-state index < -0.39 is 0 Å². The number of aryl methyl sites for hydroxylation is 1. The zero-order valence-corrected chi connectivity index (χ0v) is 12.5. The summed E-state index contributed by atoms with van der Waals surface area (Å²) in [5.74, 6) is 0. The molecule has 0 bridgehead atoms. The van der Waals surface area contributed by atoms with Crippen LogP contribution in [0.15, 0.2) is 46.9 Å². The Labute approximate surface area is 121 Å². The number of rotatable bonds is 3. The van der Waals surface area contributed by atoms with Crippen LogP contribution >= 0.6 is 27.5 Å². The molecule has 0 amide bonds. The first-order valence-electron chi connectivity index (χ1n) is 5.83. The molecule has 0 spiro atoms. The predicted molar refractivity (Wildman–Crippen MR) is 81.0 cm³/mol. The summed E-state index contributed by atoms with van der Waals surface area (Å²) in [5, 5.41) is 0.758. The SMILES string of the molecule is Cc1ccccc1C(N)Cc1ccc(Br)cc1Cl. The monoisotopic (exact) mass is 323 g/mol. The van der Waals surface area contributed by atoms with Crippen molar-refractivity contribution in [2.75, 3.05) is 0 Å². The molecule has 0 radical (unpaired) electrons. The highest BCUT2D eigenvalue weighted by Crippen LogP contribution is 2.26. The number of halogens is 2. The van der Waals surface area contributed by atoms with E-state index in [9.17, 15) is 0 Å². The zero-order chi connectivity index (χ0) is 13.1. The summed E-state index contributed by atoms with van der Waals surface area (Å²) in [7, 11) is 0. The molecule has 2 N–H and O–H groups in total. The summed E-state index contributed by atoms with van der Waals surface area (Å²) in [6.07, 6.45) is 0.747. The van der Waals surface area contributed by atoms with Crippen LogP contribution in [0.1, 0.15) is 22.7 Å². The second-order valence-electron chi connectivity index (χ2n) is 4.40. The van der Waals surface area contributed by atoms with Gasteiger partial charge in [-0.1, -0.05) is 57.9 Å². The van der Waals surface area contributed by atoms with Crippen molar-refractivity contribution in [1.82, 2.24) is 0 Å². The molecular formula is C15H15BrClN. The lowest BCUT2D eigenvalue weighted by atomic mass is 9.96. The van der Waals surface area contributed by atoms with E-state index in [1.54, 1.807) is 0 Å². The van der Waals surface area contributed by atoms with Crippen molar-refractivity contribution in [2.24, 2.45) is 5.73 Å². The van der Waals surface area contributed by atoms with E-state index in [1.807, 2.05) is 30.3 Å². The largest absolute Gasteiger partial charge is 0.324 e. The quantitative estimate of drug-likeness (QED) is 0.873. The van der Waals surface area contributed by atoms with Crippen molar-refractivity contribution in [3.05, 3.63) is 68.7 Å². The van der Waals surface area contributed by atoms with Crippen LogP contribution in [0, 0.1) is 6.92 Å². The first-order valence-corrected chi connectivity index (χ1v) is 7.00. The summed E-state index contributed by atoms with van der Waals surface area (Å²) < 4.78 is 0.987. The van der Waals surface area contributed by atoms with Crippen LogP contribution in [0.5, 0.6) is 0 Å². The summed E-state index contributed by atoms with van der Waals surface area (Å²) in [5.41, 5.74) is 9.74. The fourth-order valence-electron chi connectivity index (χ4n) is 2.04. The number of nitrogens with two attached hydrogens (primary N) is 1. The van der Waals surface area contributed by atoms with Gasteiger partial charge in [0, 0.05) is 15.5 Å². The number of benzene rings is 2. The Morgan fingerprint density at radius 3 is 2.61 bits per heavy atom. The highest BCUT2D eigenvalue weighted by Gasteiger charge is 2.11. The summed E-state index contributed by atoms with van der Waals surface area (Å²) >= 11 is 9.62. The van der Waals surface area contributed by atoms with Gasteiger partial charge in [-0.2, -0.15) is 0 Å². The maximum atomic E-state index is 6.26. The van der Waals surface area contributed by atoms with Gasteiger partial charge in [0.2, 0.25) is 0 Å². The Bertz CT molecular complexity index is 554. The average Bonchev–Trinajstić information content (AvgIpc) is 2.33. The fourth-order valence-corrected chi connectivity index (χ4v) is 2.79. The van der Waals surface area contributed by atoms with E-state index in [0.29, 0.717) is 0 Å². The van der Waals surface area contributed by atoms with Gasteiger partial charge >= 0.3 is 0 Å². The molecule has 0 aliphatic rings. The van der Waals surface area contributed by atoms with Crippen LogP contribution in [0.25, 0.3) is 0 Å². The van der Waals surface area contributed by atoms with Gasteiger partial charge in [-0.3, -0.25) is 0 Å². The van der Waals surface area contributed by atoms with Crippen molar-refractivity contribution in [1.29, 1.82) is 0 Å². The fraction of sp³-hybridized carbons (Fsp3) is 0.200. The van der Waals surface area contributed by atoms with Crippen LogP contribution < -0.4 is 5.73 Å². The number of hydrogen-bond acceptors (Lipinski definition) is 1. The van der Waals surface area contributed by atoms with Gasteiger partial charge in [-0.05, 0) is 42.2 Å². The lowest BCUT2D eigenvalue weighted by Crippen LogP contribution is -2.14. The predicted octanol–water partition coefficient (Wildman–Crippen LogP) is 4.65. The standard InChI is InChI=1S/C15H15BrClN/c1-10-4-2-3-5-13(10)15(18)8-11-6-7-12(16)9-14(11)17/h2-7,9,15H,8,18H2,1H3. The van der Waals surface area contributed by atoms with E-state index in [-0.39, 0.29) is 6.04 Å². The second kappa shape index (κ2) is 5.87. The van der Waals surface area contributed by atoms with Crippen molar-refractivity contribution in [3.8, 4) is 0 Å². The van der Waals surface area contributed by atoms with Gasteiger partial charge in [-0.15, -0.1) is 0 Å². The lowest BCUT2D eigenvalue weighted by molar-refractivity contribution is 0.717. The molecular weight excluding hydrogens is 310 g/mol. The Morgan fingerprint density at radius 2 is 1.94 bits per heavy atom. The normalized spacial score (nSPS) is 12.4. The Morgan fingerprint density at radius 1 is 1.22 bits per heavy atom. The molecule has 0 aliphatic heterocycles. The molecule has 0 fully saturated rings. The molecule has 2 aromatic carbocycles. The summed E-state index contributed by atoms with van der Waals surface area (Å²) in [6.45, 7) is 2.08. The molecule has 0 aliphatic carbocycles. The molecule has 18 heavy (non-hydrogen) atoms. The highest BCUT2D eigenvalue weighted by molar-refractivity contribution is 9.10. The molecule has 0 saturated heterocycles. The first-order chi connectivity index (χ1) is 8.58. The molecule has 2 aromatic rings. The molecule has 0 heterocycles. The van der Waals surface area contributed by atoms with Crippen LogP contribution in [0.2, 0.25) is 5.02 Å².